The highest BCUT2D eigenvalue weighted by Gasteiger charge is 2.29. The Morgan fingerprint density at radius 1 is 1.33 bits per heavy atom. The van der Waals surface area contributed by atoms with Gasteiger partial charge in [0.1, 0.15) is 11.9 Å². The van der Waals surface area contributed by atoms with E-state index in [-0.39, 0.29) is 22.8 Å². The fourth-order valence-electron chi connectivity index (χ4n) is 2.64. The van der Waals surface area contributed by atoms with Crippen LogP contribution >= 0.6 is 11.8 Å². The zero-order valence-corrected chi connectivity index (χ0v) is 13.0. The van der Waals surface area contributed by atoms with Crippen LogP contribution in [0.15, 0.2) is 29.2 Å². The molecule has 118 valence electrons. The number of benzene rings is 1. The summed E-state index contributed by atoms with van der Waals surface area (Å²) >= 11 is -0.106. The summed E-state index contributed by atoms with van der Waals surface area (Å²) in [4.78, 5) is 2.43. The first-order chi connectivity index (χ1) is 9.83. The van der Waals surface area contributed by atoms with Crippen molar-refractivity contribution < 1.29 is 17.9 Å². The van der Waals surface area contributed by atoms with Crippen molar-refractivity contribution in [3.8, 4) is 5.75 Å². The van der Waals surface area contributed by atoms with E-state index in [0.717, 1.165) is 25.9 Å². The Labute approximate surface area is 127 Å². The van der Waals surface area contributed by atoms with Crippen molar-refractivity contribution in [1.29, 1.82) is 0 Å². The third-order valence-electron chi connectivity index (χ3n) is 3.59. The molecule has 1 aliphatic heterocycles. The van der Waals surface area contributed by atoms with Crippen LogP contribution in [0.25, 0.3) is 0 Å². The summed E-state index contributed by atoms with van der Waals surface area (Å²) in [6.45, 7) is 4.11. The lowest BCUT2D eigenvalue weighted by Gasteiger charge is -2.24. The van der Waals surface area contributed by atoms with Crippen molar-refractivity contribution in [2.45, 2.75) is 36.3 Å². The molecule has 1 aromatic rings. The van der Waals surface area contributed by atoms with Gasteiger partial charge in [0.25, 0.3) is 0 Å². The van der Waals surface area contributed by atoms with Crippen molar-refractivity contribution in [3.05, 3.63) is 24.3 Å². The molecule has 0 radical (unpaired) electrons. The van der Waals surface area contributed by atoms with E-state index in [2.05, 4.69) is 18.9 Å². The second kappa shape index (κ2) is 6.92. The van der Waals surface area contributed by atoms with E-state index in [1.807, 2.05) is 0 Å². The van der Waals surface area contributed by atoms with E-state index < -0.39 is 5.51 Å². The van der Waals surface area contributed by atoms with Crippen molar-refractivity contribution in [2.75, 3.05) is 20.1 Å². The molecule has 1 saturated heterocycles. The van der Waals surface area contributed by atoms with Gasteiger partial charge in [-0.1, -0.05) is 13.0 Å². The summed E-state index contributed by atoms with van der Waals surface area (Å²) in [5.74, 6) is 0.877. The molecule has 1 heterocycles. The fraction of sp³-hybridized carbons (Fsp3) is 0.600. The van der Waals surface area contributed by atoms with Gasteiger partial charge in [0.05, 0.1) is 0 Å². The van der Waals surface area contributed by atoms with Crippen LogP contribution in [0.2, 0.25) is 0 Å². The molecule has 2 atom stereocenters. The Bertz CT molecular complexity index is 466. The lowest BCUT2D eigenvalue weighted by molar-refractivity contribution is -0.0328. The van der Waals surface area contributed by atoms with Crippen LogP contribution in [0.3, 0.4) is 0 Å². The van der Waals surface area contributed by atoms with Crippen LogP contribution in [0.4, 0.5) is 13.2 Å². The maximum atomic E-state index is 12.4. The molecule has 21 heavy (non-hydrogen) atoms. The highest BCUT2D eigenvalue weighted by molar-refractivity contribution is 8.00. The predicted molar refractivity (Wildman–Crippen MR) is 78.7 cm³/mol. The Morgan fingerprint density at radius 3 is 2.81 bits per heavy atom. The molecule has 0 spiro atoms. The summed E-state index contributed by atoms with van der Waals surface area (Å²) in [6, 6.07) is 6.26. The molecule has 0 bridgehead atoms. The minimum atomic E-state index is -4.27. The lowest BCUT2D eigenvalue weighted by atomic mass is 10.0. The summed E-state index contributed by atoms with van der Waals surface area (Å²) in [7, 11) is 2.08. The monoisotopic (exact) mass is 319 g/mol. The molecule has 1 aromatic carbocycles. The van der Waals surface area contributed by atoms with Crippen molar-refractivity contribution in [1.82, 2.24) is 4.90 Å². The number of alkyl halides is 3. The molecular weight excluding hydrogens is 299 g/mol. The Hall–Kier alpha value is -0.880. The van der Waals surface area contributed by atoms with Crippen LogP contribution in [-0.4, -0.2) is 36.6 Å². The van der Waals surface area contributed by atoms with Gasteiger partial charge in [-0.25, -0.2) is 0 Å². The van der Waals surface area contributed by atoms with Crippen LogP contribution in [0.5, 0.6) is 5.75 Å². The number of halogens is 3. The van der Waals surface area contributed by atoms with Gasteiger partial charge in [0, 0.05) is 17.4 Å². The zero-order chi connectivity index (χ0) is 15.5. The summed E-state index contributed by atoms with van der Waals surface area (Å²) in [5.41, 5.74) is -4.27. The highest BCUT2D eigenvalue weighted by Crippen LogP contribution is 2.38. The molecule has 1 aliphatic rings. The topological polar surface area (TPSA) is 12.5 Å². The van der Waals surface area contributed by atoms with Gasteiger partial charge in [-0.3, -0.25) is 0 Å². The predicted octanol–water partition coefficient (Wildman–Crippen LogP) is 4.41. The maximum absolute atomic E-state index is 12.4. The van der Waals surface area contributed by atoms with E-state index in [1.165, 1.54) is 12.1 Å². The molecule has 0 amide bonds. The summed E-state index contributed by atoms with van der Waals surface area (Å²) < 4.78 is 43.2. The summed E-state index contributed by atoms with van der Waals surface area (Å²) in [5, 5.41) is 0. The van der Waals surface area contributed by atoms with Crippen LogP contribution in [-0.2, 0) is 0 Å². The number of hydrogen-bond acceptors (Lipinski definition) is 3. The van der Waals surface area contributed by atoms with Crippen molar-refractivity contribution in [2.24, 2.45) is 5.92 Å². The largest absolute Gasteiger partial charge is 0.490 e. The summed E-state index contributed by atoms with van der Waals surface area (Å²) in [6.07, 6.45) is 2.03. The van der Waals surface area contributed by atoms with Crippen LogP contribution in [0.1, 0.15) is 19.8 Å². The quantitative estimate of drug-likeness (QED) is 0.766. The van der Waals surface area contributed by atoms with E-state index in [0.29, 0.717) is 11.7 Å². The minimum Gasteiger partial charge on any atom is -0.490 e. The molecule has 0 saturated carbocycles. The van der Waals surface area contributed by atoms with Crippen LogP contribution in [0, 0.1) is 5.92 Å². The van der Waals surface area contributed by atoms with E-state index >= 15 is 0 Å². The minimum absolute atomic E-state index is 0.0566. The van der Waals surface area contributed by atoms with Gasteiger partial charge in [0.15, 0.2) is 0 Å². The van der Waals surface area contributed by atoms with Crippen molar-refractivity contribution >= 4 is 11.8 Å². The number of ether oxygens (including phenoxy) is 1. The normalized spacial score (nSPS) is 24.6. The molecule has 2 nitrogen and oxygen atoms in total. The first kappa shape index (κ1) is 16.5. The van der Waals surface area contributed by atoms with Crippen LogP contribution < -0.4 is 4.74 Å². The van der Waals surface area contributed by atoms with E-state index in [1.54, 1.807) is 12.1 Å². The zero-order valence-electron chi connectivity index (χ0n) is 12.2. The average Bonchev–Trinajstić information content (AvgIpc) is 2.49. The first-order valence-electron chi connectivity index (χ1n) is 7.04. The first-order valence-corrected chi connectivity index (χ1v) is 7.86. The maximum Gasteiger partial charge on any atom is 0.446 e. The molecular formula is C15H20F3NOS. The second-order valence-corrected chi connectivity index (χ2v) is 6.70. The lowest BCUT2D eigenvalue weighted by Crippen LogP contribution is -2.30. The van der Waals surface area contributed by atoms with Gasteiger partial charge in [-0.2, -0.15) is 13.2 Å². The number of rotatable bonds is 3. The number of nitrogens with zero attached hydrogens (tertiary/aromatic N) is 1. The van der Waals surface area contributed by atoms with Gasteiger partial charge in [-0.05, 0) is 56.4 Å². The third-order valence-corrected chi connectivity index (χ3v) is 4.31. The number of hydrogen-bond donors (Lipinski definition) is 0. The van der Waals surface area contributed by atoms with Gasteiger partial charge in [-0.15, -0.1) is 0 Å². The Kier molecular flexibility index (Phi) is 5.43. The third kappa shape index (κ3) is 5.43. The van der Waals surface area contributed by atoms with Gasteiger partial charge < -0.3 is 9.64 Å². The molecule has 6 heteroatoms. The van der Waals surface area contributed by atoms with E-state index in [9.17, 15) is 13.2 Å². The SMILES string of the molecule is CC1CN(C)CCCC1Oc1cccc(SC(F)(F)F)c1. The number of likely N-dealkylation sites (tertiary alicyclic amines) is 1. The molecule has 2 unspecified atom stereocenters. The molecule has 0 aromatic heterocycles. The standard InChI is InChI=1S/C15H20F3NOS/c1-11-10-19(2)8-4-7-14(11)20-12-5-3-6-13(9-12)21-15(16,17)18/h3,5-6,9,11,14H,4,7-8,10H2,1-2H3. The highest BCUT2D eigenvalue weighted by atomic mass is 32.2. The molecule has 0 N–H and O–H groups in total. The fourth-order valence-corrected chi connectivity index (χ4v) is 3.23. The van der Waals surface area contributed by atoms with Gasteiger partial charge >= 0.3 is 5.51 Å². The second-order valence-electron chi connectivity index (χ2n) is 5.56. The molecule has 1 fully saturated rings. The smallest absolute Gasteiger partial charge is 0.446 e. The van der Waals surface area contributed by atoms with Gasteiger partial charge in [0.2, 0.25) is 0 Å². The molecule has 0 aliphatic carbocycles. The average molecular weight is 319 g/mol. The Morgan fingerprint density at radius 2 is 2.10 bits per heavy atom. The Balaban J connectivity index is 2.03. The van der Waals surface area contributed by atoms with Crippen molar-refractivity contribution in [3.63, 3.8) is 0 Å². The van der Waals surface area contributed by atoms with E-state index in [4.69, 9.17) is 4.74 Å². The molecule has 2 rings (SSSR count). The number of thioether (sulfide) groups is 1.